The molecule has 5 rings (SSSR count). The second-order valence-corrected chi connectivity index (χ2v) is 10.1. The summed E-state index contributed by atoms with van der Waals surface area (Å²) in [5.41, 5.74) is 3.68. The van der Waals surface area contributed by atoms with Gasteiger partial charge in [-0.3, -0.25) is 9.78 Å². The van der Waals surface area contributed by atoms with Crippen LogP contribution in [0.2, 0.25) is 0 Å². The van der Waals surface area contributed by atoms with Gasteiger partial charge in [0.2, 0.25) is 0 Å². The Morgan fingerprint density at radius 2 is 1.97 bits per heavy atom. The lowest BCUT2D eigenvalue weighted by molar-refractivity contribution is -0.271. The molecule has 2 N–H and O–H groups in total. The first-order chi connectivity index (χ1) is 17.1. The number of allylic oxidation sites excluding steroid dienone is 4. The largest absolute Gasteiger partial charge is 0.417 e. The fraction of sp³-hybridized carbons (Fsp3) is 0.379. The zero-order valence-corrected chi connectivity index (χ0v) is 20.1. The molecular formula is C29H29F3N2O2. The zero-order chi connectivity index (χ0) is 25.5. The fourth-order valence-electron chi connectivity index (χ4n) is 5.86. The highest BCUT2D eigenvalue weighted by molar-refractivity contribution is 6.06. The number of nitrogens with one attached hydrogen (secondary N) is 1. The number of carbonyl (C=O) groups excluding carboxylic acids is 1. The van der Waals surface area contributed by atoms with Crippen LogP contribution in [0.5, 0.6) is 0 Å². The molecule has 3 aliphatic carbocycles. The number of rotatable bonds is 4. The van der Waals surface area contributed by atoms with Crippen LogP contribution in [0.15, 0.2) is 83.2 Å². The van der Waals surface area contributed by atoms with Crippen LogP contribution in [0.4, 0.5) is 18.9 Å². The van der Waals surface area contributed by atoms with E-state index in [1.807, 2.05) is 55.5 Å². The molecule has 0 unspecified atom stereocenters. The minimum atomic E-state index is -4.63. The van der Waals surface area contributed by atoms with Gasteiger partial charge in [-0.2, -0.15) is 13.2 Å². The van der Waals surface area contributed by atoms with Gasteiger partial charge in [0.1, 0.15) is 0 Å². The maximum Gasteiger partial charge on any atom is 0.417 e. The van der Waals surface area contributed by atoms with E-state index in [0.29, 0.717) is 30.5 Å². The Balaban J connectivity index is 1.50. The van der Waals surface area contributed by atoms with Crippen molar-refractivity contribution < 1.29 is 23.1 Å². The predicted octanol–water partition coefficient (Wildman–Crippen LogP) is 6.24. The van der Waals surface area contributed by atoms with Crippen molar-refractivity contribution in [2.24, 2.45) is 11.8 Å². The second-order valence-electron chi connectivity index (χ2n) is 10.1. The van der Waals surface area contributed by atoms with Gasteiger partial charge in [-0.25, -0.2) is 0 Å². The molecule has 1 amide bonds. The second kappa shape index (κ2) is 9.36. The molecule has 1 aromatic carbocycles. The Morgan fingerprint density at radius 1 is 1.19 bits per heavy atom. The average Bonchev–Trinajstić information content (AvgIpc) is 2.85. The van der Waals surface area contributed by atoms with E-state index in [4.69, 9.17) is 0 Å². The van der Waals surface area contributed by atoms with Crippen molar-refractivity contribution in [3.63, 3.8) is 0 Å². The van der Waals surface area contributed by atoms with E-state index in [2.05, 4.69) is 10.3 Å². The lowest BCUT2D eigenvalue weighted by Gasteiger charge is -2.44. The van der Waals surface area contributed by atoms with Crippen LogP contribution in [-0.2, 0) is 11.2 Å². The van der Waals surface area contributed by atoms with Gasteiger partial charge in [0.25, 0.3) is 5.91 Å². The molecule has 7 heteroatoms. The summed E-state index contributed by atoms with van der Waals surface area (Å²) in [4.78, 5) is 17.3. The highest BCUT2D eigenvalue weighted by Gasteiger charge is 2.56. The van der Waals surface area contributed by atoms with Gasteiger partial charge < -0.3 is 10.4 Å². The van der Waals surface area contributed by atoms with Gasteiger partial charge in [-0.1, -0.05) is 42.0 Å². The Bertz CT molecular complexity index is 1260. The quantitative estimate of drug-likeness (QED) is 0.529. The molecule has 0 radical (unpaired) electrons. The van der Waals surface area contributed by atoms with Crippen LogP contribution in [0.25, 0.3) is 0 Å². The molecule has 4 nitrogen and oxygen atoms in total. The highest BCUT2D eigenvalue weighted by Crippen LogP contribution is 2.53. The molecule has 1 aromatic heterocycles. The van der Waals surface area contributed by atoms with Crippen molar-refractivity contribution in [1.82, 2.24) is 4.98 Å². The van der Waals surface area contributed by atoms with E-state index in [9.17, 15) is 23.1 Å². The summed E-state index contributed by atoms with van der Waals surface area (Å²) in [6, 6.07) is 11.7. The van der Waals surface area contributed by atoms with Gasteiger partial charge >= 0.3 is 6.18 Å². The highest BCUT2D eigenvalue weighted by atomic mass is 19.4. The first-order valence-corrected chi connectivity index (χ1v) is 12.4. The van der Waals surface area contributed by atoms with Crippen LogP contribution >= 0.6 is 0 Å². The molecule has 188 valence electrons. The minimum absolute atomic E-state index is 0.127. The van der Waals surface area contributed by atoms with Gasteiger partial charge in [0.05, 0.1) is 11.9 Å². The smallest absolute Gasteiger partial charge is 0.380 e. The van der Waals surface area contributed by atoms with Gasteiger partial charge in [-0.05, 0) is 85.8 Å². The number of pyridine rings is 1. The summed E-state index contributed by atoms with van der Waals surface area (Å²) in [5.74, 6) is -0.659. The molecule has 1 saturated carbocycles. The summed E-state index contributed by atoms with van der Waals surface area (Å²) < 4.78 is 40.8. The van der Waals surface area contributed by atoms with Crippen LogP contribution < -0.4 is 5.32 Å². The Hall–Kier alpha value is -3.19. The topological polar surface area (TPSA) is 62.2 Å². The van der Waals surface area contributed by atoms with E-state index < -0.39 is 11.8 Å². The fourth-order valence-corrected chi connectivity index (χ4v) is 5.86. The van der Waals surface area contributed by atoms with E-state index in [1.54, 1.807) is 12.4 Å². The summed E-state index contributed by atoms with van der Waals surface area (Å²) in [6.45, 7) is 1.90. The molecular weight excluding hydrogens is 465 g/mol. The number of aryl methyl sites for hydroxylation is 1. The van der Waals surface area contributed by atoms with E-state index in [1.165, 1.54) is 0 Å². The van der Waals surface area contributed by atoms with E-state index in [0.717, 1.165) is 27.8 Å². The molecule has 3 atom stereocenters. The van der Waals surface area contributed by atoms with Crippen LogP contribution in [0.3, 0.4) is 0 Å². The molecule has 36 heavy (non-hydrogen) atoms. The number of hydrogen-bond acceptors (Lipinski definition) is 3. The number of carbonyl (C=O) groups is 1. The standard InChI is InChI=1S/C29H29F3N2O2/c1-18-10-12-33-17-25(18)34-27(35)23-14-20-7-8-21-16-28(36,29(30,31)32)11-9-24(21)26(20)22(15-23)13-19-5-3-2-4-6-19/h2-6,10,12,14-15,17,21-22,36H,7-9,11,13,16H2,1H3,(H,34,35)/t21-,22-,28-/m1/s1. The molecule has 1 fully saturated rings. The first kappa shape index (κ1) is 24.5. The van der Waals surface area contributed by atoms with Crippen molar-refractivity contribution in [3.05, 3.63) is 94.4 Å². The number of nitrogens with zero attached hydrogens (tertiary/aromatic N) is 1. The van der Waals surface area contributed by atoms with Crippen molar-refractivity contribution in [1.29, 1.82) is 0 Å². The van der Waals surface area contributed by atoms with Gasteiger partial charge in [0.15, 0.2) is 5.60 Å². The monoisotopic (exact) mass is 494 g/mol. The molecule has 0 aliphatic heterocycles. The number of hydrogen-bond donors (Lipinski definition) is 2. The number of halogens is 3. The third kappa shape index (κ3) is 4.64. The van der Waals surface area contributed by atoms with Gasteiger partial charge in [-0.15, -0.1) is 0 Å². The number of aromatic nitrogens is 1. The van der Waals surface area contributed by atoms with Crippen LogP contribution in [0, 0.1) is 18.8 Å². The number of fused-ring (bicyclic) bond motifs is 2. The van der Waals surface area contributed by atoms with Crippen molar-refractivity contribution >= 4 is 11.6 Å². The Morgan fingerprint density at radius 3 is 2.69 bits per heavy atom. The summed E-state index contributed by atoms with van der Waals surface area (Å²) >= 11 is 0. The summed E-state index contributed by atoms with van der Waals surface area (Å²) in [7, 11) is 0. The van der Waals surface area contributed by atoms with Crippen molar-refractivity contribution in [2.75, 3.05) is 5.32 Å². The van der Waals surface area contributed by atoms with Crippen molar-refractivity contribution in [2.45, 2.75) is 57.2 Å². The molecule has 0 spiro atoms. The molecule has 2 aromatic rings. The van der Waals surface area contributed by atoms with E-state index in [-0.39, 0.29) is 37.0 Å². The Labute approximate surface area is 208 Å². The number of anilines is 1. The maximum absolute atomic E-state index is 13.6. The van der Waals surface area contributed by atoms with Crippen molar-refractivity contribution in [3.8, 4) is 0 Å². The third-order valence-corrected chi connectivity index (χ3v) is 7.80. The number of amides is 1. The third-order valence-electron chi connectivity index (χ3n) is 7.80. The van der Waals surface area contributed by atoms with Crippen LogP contribution in [0.1, 0.15) is 43.2 Å². The lowest BCUT2D eigenvalue weighted by Crippen LogP contribution is -2.49. The number of benzene rings is 1. The predicted molar refractivity (Wildman–Crippen MR) is 132 cm³/mol. The minimum Gasteiger partial charge on any atom is -0.380 e. The maximum atomic E-state index is 13.6. The van der Waals surface area contributed by atoms with E-state index >= 15 is 0 Å². The summed E-state index contributed by atoms with van der Waals surface area (Å²) in [6.07, 6.45) is 3.86. The average molecular weight is 495 g/mol. The van der Waals surface area contributed by atoms with Gasteiger partial charge in [0, 0.05) is 17.7 Å². The molecule has 0 saturated heterocycles. The number of alkyl halides is 3. The normalized spacial score (nSPS) is 25.9. The molecule has 3 aliphatic rings. The molecule has 1 heterocycles. The summed E-state index contributed by atoms with van der Waals surface area (Å²) in [5, 5.41) is 13.3. The van der Waals surface area contributed by atoms with Crippen LogP contribution in [-0.4, -0.2) is 27.8 Å². The SMILES string of the molecule is Cc1ccncc1NC(=O)C1=C[C@@H](Cc2ccccc2)C2=C3CC[C@](O)(C(F)(F)F)C[C@H]3CCC2=C1. The first-order valence-electron chi connectivity index (χ1n) is 12.4. The zero-order valence-electron chi connectivity index (χ0n) is 20.1. The lowest BCUT2D eigenvalue weighted by atomic mass is 9.63. The Kier molecular flexibility index (Phi) is 6.37. The number of aliphatic hydroxyl groups is 1. The molecule has 0 bridgehead atoms.